The molecule has 0 saturated heterocycles. The zero-order chi connectivity index (χ0) is 14.2. The Morgan fingerprint density at radius 1 is 1.29 bits per heavy atom. The van der Waals surface area contributed by atoms with Crippen molar-refractivity contribution in [1.82, 2.24) is 4.98 Å². The number of nitrogens with zero attached hydrogens (tertiary/aromatic N) is 1. The van der Waals surface area contributed by atoms with E-state index in [1.807, 2.05) is 35.7 Å². The third kappa shape index (κ3) is 2.12. The van der Waals surface area contributed by atoms with Gasteiger partial charge in [-0.15, -0.1) is 11.3 Å². The lowest BCUT2D eigenvalue weighted by Gasteiger charge is -2.19. The molecule has 2 aromatic heterocycles. The highest BCUT2D eigenvalue weighted by Crippen LogP contribution is 2.31. The number of hydrogen-bond acceptors (Lipinski definition) is 4. The fourth-order valence-electron chi connectivity index (χ4n) is 2.69. The van der Waals surface area contributed by atoms with E-state index >= 15 is 0 Å². The summed E-state index contributed by atoms with van der Waals surface area (Å²) < 4.78 is 6.76. The lowest BCUT2D eigenvalue weighted by Crippen LogP contribution is -2.13. The first-order chi connectivity index (χ1) is 10.3. The van der Waals surface area contributed by atoms with Gasteiger partial charge in [0.15, 0.2) is 5.78 Å². The number of hydrogen-bond donors (Lipinski definition) is 0. The number of ketones is 1. The first-order valence-corrected chi connectivity index (χ1v) is 7.83. The molecule has 0 aliphatic carbocycles. The maximum absolute atomic E-state index is 12.8. The Labute approximate surface area is 126 Å². The highest BCUT2D eigenvalue weighted by molar-refractivity contribution is 7.17. The molecule has 1 aliphatic rings. The van der Waals surface area contributed by atoms with Gasteiger partial charge in [-0.3, -0.25) is 9.78 Å². The molecule has 0 saturated carbocycles. The molecule has 0 spiro atoms. The highest BCUT2D eigenvalue weighted by atomic mass is 32.1. The minimum Gasteiger partial charge on any atom is -0.493 e. The Balaban J connectivity index is 1.80. The van der Waals surface area contributed by atoms with E-state index in [2.05, 4.69) is 4.98 Å². The zero-order valence-corrected chi connectivity index (χ0v) is 12.2. The molecule has 21 heavy (non-hydrogen) atoms. The normalized spacial score (nSPS) is 13.7. The van der Waals surface area contributed by atoms with Crippen molar-refractivity contribution >= 4 is 27.3 Å². The fourth-order valence-corrected chi connectivity index (χ4v) is 3.47. The molecule has 3 aromatic rings. The van der Waals surface area contributed by atoms with Crippen LogP contribution in [-0.4, -0.2) is 17.4 Å². The van der Waals surface area contributed by atoms with E-state index < -0.39 is 0 Å². The molecule has 1 aromatic carbocycles. The third-order valence-electron chi connectivity index (χ3n) is 3.74. The second-order valence-electron chi connectivity index (χ2n) is 5.10. The summed E-state index contributed by atoms with van der Waals surface area (Å²) in [6, 6.07) is 9.67. The lowest BCUT2D eigenvalue weighted by molar-refractivity contribution is 0.103. The van der Waals surface area contributed by atoms with Crippen LogP contribution in [0.3, 0.4) is 0 Å². The average Bonchev–Trinajstić information content (AvgIpc) is 3.01. The summed E-state index contributed by atoms with van der Waals surface area (Å²) in [5, 5.41) is 1.99. The molecule has 0 unspecified atom stereocenters. The summed E-state index contributed by atoms with van der Waals surface area (Å²) in [5.41, 5.74) is 3.32. The molecule has 0 bridgehead atoms. The Morgan fingerprint density at radius 2 is 2.24 bits per heavy atom. The van der Waals surface area contributed by atoms with Gasteiger partial charge in [-0.05, 0) is 42.0 Å². The molecule has 0 N–H and O–H groups in total. The van der Waals surface area contributed by atoms with Gasteiger partial charge in [0.1, 0.15) is 5.75 Å². The maximum atomic E-state index is 12.8. The summed E-state index contributed by atoms with van der Waals surface area (Å²) in [4.78, 5) is 17.1. The van der Waals surface area contributed by atoms with Gasteiger partial charge < -0.3 is 4.74 Å². The van der Waals surface area contributed by atoms with Gasteiger partial charge >= 0.3 is 0 Å². The Hall–Kier alpha value is -2.20. The van der Waals surface area contributed by atoms with Crippen LogP contribution in [0.25, 0.3) is 10.2 Å². The number of carbonyl (C=O) groups excluding carboxylic acids is 1. The molecule has 0 fully saturated rings. The van der Waals surface area contributed by atoms with Crippen molar-refractivity contribution in [3.8, 4) is 5.75 Å². The van der Waals surface area contributed by atoms with Crippen molar-refractivity contribution in [2.24, 2.45) is 0 Å². The number of para-hydroxylation sites is 1. The number of fused-ring (bicyclic) bond motifs is 2. The van der Waals surface area contributed by atoms with Gasteiger partial charge in [0.25, 0.3) is 0 Å². The maximum Gasteiger partial charge on any atom is 0.198 e. The summed E-state index contributed by atoms with van der Waals surface area (Å²) in [6.07, 6.45) is 3.63. The van der Waals surface area contributed by atoms with Gasteiger partial charge in [-0.1, -0.05) is 12.1 Å². The minimum absolute atomic E-state index is 0.0171. The van der Waals surface area contributed by atoms with Crippen molar-refractivity contribution < 1.29 is 9.53 Å². The lowest BCUT2D eigenvalue weighted by atomic mass is 9.97. The van der Waals surface area contributed by atoms with E-state index in [1.165, 1.54) is 0 Å². The van der Waals surface area contributed by atoms with Crippen LogP contribution in [0.1, 0.15) is 27.9 Å². The molecule has 0 amide bonds. The fraction of sp³-hybridized carbons (Fsp3) is 0.176. The molecule has 4 heteroatoms. The van der Waals surface area contributed by atoms with Crippen LogP contribution in [0.5, 0.6) is 5.75 Å². The number of carbonyl (C=O) groups is 1. The molecular formula is C17H13NO2S. The summed E-state index contributed by atoms with van der Waals surface area (Å²) >= 11 is 1.60. The van der Waals surface area contributed by atoms with Crippen LogP contribution in [0.15, 0.2) is 41.9 Å². The zero-order valence-electron chi connectivity index (χ0n) is 11.3. The molecule has 3 nitrogen and oxygen atoms in total. The average molecular weight is 295 g/mol. The van der Waals surface area contributed by atoms with Crippen LogP contribution in [-0.2, 0) is 6.42 Å². The van der Waals surface area contributed by atoms with Crippen molar-refractivity contribution in [2.75, 3.05) is 6.61 Å². The smallest absolute Gasteiger partial charge is 0.198 e. The molecule has 0 radical (unpaired) electrons. The van der Waals surface area contributed by atoms with E-state index in [1.54, 1.807) is 17.5 Å². The molecule has 1 aliphatic heterocycles. The number of pyridine rings is 1. The second-order valence-corrected chi connectivity index (χ2v) is 6.05. The first kappa shape index (κ1) is 12.5. The predicted octanol–water partition coefficient (Wildman–Crippen LogP) is 3.85. The van der Waals surface area contributed by atoms with Crippen LogP contribution < -0.4 is 4.74 Å². The van der Waals surface area contributed by atoms with Crippen molar-refractivity contribution in [2.45, 2.75) is 12.8 Å². The van der Waals surface area contributed by atoms with Crippen LogP contribution in [0.4, 0.5) is 0 Å². The highest BCUT2D eigenvalue weighted by Gasteiger charge is 2.20. The van der Waals surface area contributed by atoms with Gasteiger partial charge in [0, 0.05) is 11.8 Å². The van der Waals surface area contributed by atoms with Crippen LogP contribution in [0.2, 0.25) is 0 Å². The number of benzene rings is 1. The Bertz CT molecular complexity index is 838. The standard InChI is InChI=1S/C17H13NO2S/c19-16(12-9-15-14(18-10-12)6-8-21-15)13-5-1-3-11-4-2-7-20-17(11)13/h1,3,5-6,8-10H,2,4,7H2. The first-order valence-electron chi connectivity index (χ1n) is 6.95. The molecular weight excluding hydrogens is 282 g/mol. The topological polar surface area (TPSA) is 39.2 Å². The van der Waals surface area contributed by atoms with E-state index in [0.717, 1.165) is 34.4 Å². The van der Waals surface area contributed by atoms with E-state index in [4.69, 9.17) is 4.74 Å². The van der Waals surface area contributed by atoms with Crippen LogP contribution >= 0.6 is 11.3 Å². The van der Waals surface area contributed by atoms with Crippen LogP contribution in [0, 0.1) is 0 Å². The molecule has 104 valence electrons. The minimum atomic E-state index is -0.0171. The predicted molar refractivity (Wildman–Crippen MR) is 83.3 cm³/mol. The molecule has 3 heterocycles. The number of aromatic nitrogens is 1. The van der Waals surface area contributed by atoms with Crippen molar-refractivity contribution in [3.05, 3.63) is 58.6 Å². The Kier molecular flexibility index (Phi) is 2.97. The number of rotatable bonds is 2. The summed E-state index contributed by atoms with van der Waals surface area (Å²) in [6.45, 7) is 0.680. The SMILES string of the molecule is O=C(c1cnc2ccsc2c1)c1cccc2c1OCCC2. The third-order valence-corrected chi connectivity index (χ3v) is 4.60. The van der Waals surface area contributed by atoms with Gasteiger partial charge in [0.2, 0.25) is 0 Å². The molecule has 4 rings (SSSR count). The largest absolute Gasteiger partial charge is 0.493 e. The second kappa shape index (κ2) is 4.97. The van der Waals surface area contributed by atoms with Crippen molar-refractivity contribution in [3.63, 3.8) is 0 Å². The quantitative estimate of drug-likeness (QED) is 0.674. The van der Waals surface area contributed by atoms with Crippen molar-refractivity contribution in [1.29, 1.82) is 0 Å². The van der Waals surface area contributed by atoms with Gasteiger partial charge in [0.05, 0.1) is 22.4 Å². The number of thiophene rings is 1. The molecule has 0 atom stereocenters. The van der Waals surface area contributed by atoms with E-state index in [9.17, 15) is 4.79 Å². The summed E-state index contributed by atoms with van der Waals surface area (Å²) in [7, 11) is 0. The van der Waals surface area contributed by atoms with Gasteiger partial charge in [-0.2, -0.15) is 0 Å². The number of aryl methyl sites for hydroxylation is 1. The van der Waals surface area contributed by atoms with E-state index in [0.29, 0.717) is 17.7 Å². The Morgan fingerprint density at radius 3 is 3.19 bits per heavy atom. The summed E-state index contributed by atoms with van der Waals surface area (Å²) in [5.74, 6) is 0.733. The van der Waals surface area contributed by atoms with Gasteiger partial charge in [-0.25, -0.2) is 0 Å². The monoisotopic (exact) mass is 295 g/mol. The number of ether oxygens (including phenoxy) is 1. The van der Waals surface area contributed by atoms with E-state index in [-0.39, 0.29) is 5.78 Å².